The monoisotopic (exact) mass is 251 g/mol. The van der Waals surface area contributed by atoms with E-state index in [0.29, 0.717) is 24.6 Å². The molecular weight excluding hydrogens is 234 g/mol. The minimum Gasteiger partial charge on any atom is -0.395 e. The molecule has 0 aliphatic heterocycles. The molecule has 0 radical (unpaired) electrons. The molecule has 0 atom stereocenters. The van der Waals surface area contributed by atoms with Gasteiger partial charge in [0.25, 0.3) is 11.3 Å². The Hall–Kier alpha value is -1.73. The molecule has 0 fully saturated rings. The van der Waals surface area contributed by atoms with Crippen LogP contribution in [-0.2, 0) is 6.54 Å². The average molecular weight is 251 g/mol. The van der Waals surface area contributed by atoms with E-state index >= 15 is 0 Å². The molecule has 0 saturated carbocycles. The third kappa shape index (κ3) is 2.74. The highest BCUT2D eigenvalue weighted by molar-refractivity contribution is 5.25. The maximum Gasteiger partial charge on any atom is 0.274 e. The van der Waals surface area contributed by atoms with Crippen molar-refractivity contribution in [2.45, 2.75) is 19.9 Å². The van der Waals surface area contributed by atoms with Crippen molar-refractivity contribution in [1.82, 2.24) is 24.5 Å². The van der Waals surface area contributed by atoms with Crippen LogP contribution >= 0.6 is 0 Å². The number of hydrogen-bond acceptors (Lipinski definition) is 5. The second kappa shape index (κ2) is 5.74. The predicted octanol–water partition coefficient (Wildman–Crippen LogP) is -0.378. The number of aliphatic hydroxyl groups excluding tert-OH is 1. The molecule has 0 aromatic carbocycles. The molecule has 2 N–H and O–H groups in total. The van der Waals surface area contributed by atoms with Gasteiger partial charge >= 0.3 is 0 Å². The lowest BCUT2D eigenvalue weighted by molar-refractivity contribution is 0.189. The van der Waals surface area contributed by atoms with Gasteiger partial charge < -0.3 is 5.11 Å². The molecule has 2 aromatic heterocycles. The molecule has 7 nitrogen and oxygen atoms in total. The van der Waals surface area contributed by atoms with Gasteiger partial charge in [-0.15, -0.1) is 0 Å². The summed E-state index contributed by atoms with van der Waals surface area (Å²) in [4.78, 5) is 22.1. The van der Waals surface area contributed by atoms with Crippen molar-refractivity contribution in [3.63, 3.8) is 0 Å². The largest absolute Gasteiger partial charge is 0.395 e. The van der Waals surface area contributed by atoms with Crippen LogP contribution < -0.4 is 5.56 Å². The summed E-state index contributed by atoms with van der Waals surface area (Å²) in [6.07, 6.45) is 2.43. The van der Waals surface area contributed by atoms with E-state index in [1.54, 1.807) is 0 Å². The lowest BCUT2D eigenvalue weighted by Crippen LogP contribution is -2.29. The van der Waals surface area contributed by atoms with Crippen LogP contribution in [0.15, 0.2) is 17.2 Å². The van der Waals surface area contributed by atoms with Gasteiger partial charge in [0.1, 0.15) is 6.33 Å². The second-order valence-electron chi connectivity index (χ2n) is 4.11. The Morgan fingerprint density at radius 2 is 2.33 bits per heavy atom. The van der Waals surface area contributed by atoms with Crippen LogP contribution in [0.1, 0.15) is 19.0 Å². The lowest BCUT2D eigenvalue weighted by Gasteiger charge is -2.19. The molecule has 0 unspecified atom stereocenters. The van der Waals surface area contributed by atoms with Crippen LogP contribution in [0.4, 0.5) is 0 Å². The Morgan fingerprint density at radius 3 is 3.06 bits per heavy atom. The van der Waals surface area contributed by atoms with Crippen LogP contribution in [0, 0.1) is 0 Å². The molecule has 2 heterocycles. The van der Waals surface area contributed by atoms with Crippen molar-refractivity contribution < 1.29 is 5.11 Å². The van der Waals surface area contributed by atoms with Gasteiger partial charge in [0, 0.05) is 19.2 Å². The van der Waals surface area contributed by atoms with Gasteiger partial charge in [-0.1, -0.05) is 6.92 Å². The number of aliphatic hydroxyl groups is 1. The Morgan fingerprint density at radius 1 is 1.50 bits per heavy atom. The highest BCUT2D eigenvalue weighted by atomic mass is 16.3. The molecule has 7 heteroatoms. The zero-order chi connectivity index (χ0) is 13.0. The number of aromatic nitrogens is 4. The first-order valence-electron chi connectivity index (χ1n) is 6.00. The van der Waals surface area contributed by atoms with E-state index in [9.17, 15) is 4.79 Å². The summed E-state index contributed by atoms with van der Waals surface area (Å²) >= 11 is 0. The second-order valence-corrected chi connectivity index (χ2v) is 4.11. The van der Waals surface area contributed by atoms with Crippen molar-refractivity contribution in [3.05, 3.63) is 28.4 Å². The number of H-pyrrole nitrogens is 1. The number of nitrogens with one attached hydrogen (secondary N) is 1. The van der Waals surface area contributed by atoms with Gasteiger partial charge in [0.2, 0.25) is 0 Å². The van der Waals surface area contributed by atoms with Gasteiger partial charge in [-0.25, -0.2) is 9.97 Å². The van der Waals surface area contributed by atoms with Gasteiger partial charge in [-0.2, -0.15) is 4.52 Å². The Bertz CT molecular complexity index is 556. The predicted molar refractivity (Wildman–Crippen MR) is 66.3 cm³/mol. The summed E-state index contributed by atoms with van der Waals surface area (Å²) in [6.45, 7) is 4.16. The van der Waals surface area contributed by atoms with Crippen LogP contribution in [-0.4, -0.2) is 49.3 Å². The molecule has 0 amide bonds. The van der Waals surface area contributed by atoms with E-state index in [1.165, 1.54) is 16.9 Å². The number of aromatic amines is 1. The van der Waals surface area contributed by atoms with Crippen molar-refractivity contribution >= 4 is 5.78 Å². The topological polar surface area (TPSA) is 86.5 Å². The minimum atomic E-state index is -0.173. The lowest BCUT2D eigenvalue weighted by atomic mass is 10.3. The summed E-state index contributed by atoms with van der Waals surface area (Å²) in [7, 11) is 0. The Balaban J connectivity index is 2.21. The molecule has 0 saturated heterocycles. The van der Waals surface area contributed by atoms with Crippen LogP contribution in [0.3, 0.4) is 0 Å². The number of rotatable bonds is 6. The standard InChI is InChI=1S/C11H17N5O2/c1-2-3-15(4-5-17)7-9-6-10(18)16-11(14-9)12-8-13-16/h6,8,17H,2-5,7H2,1H3,(H,12,13,14). The molecule has 2 rings (SSSR count). The average Bonchev–Trinajstić information content (AvgIpc) is 2.78. The molecule has 98 valence electrons. The first-order chi connectivity index (χ1) is 8.74. The van der Waals surface area contributed by atoms with E-state index in [1.807, 2.05) is 0 Å². The molecule has 0 bridgehead atoms. The van der Waals surface area contributed by atoms with Crippen molar-refractivity contribution in [3.8, 4) is 0 Å². The normalized spacial score (nSPS) is 11.5. The fraction of sp³-hybridized carbons (Fsp3) is 0.545. The maximum absolute atomic E-state index is 11.7. The van der Waals surface area contributed by atoms with Gasteiger partial charge in [-0.05, 0) is 13.0 Å². The fourth-order valence-corrected chi connectivity index (χ4v) is 1.91. The quantitative estimate of drug-likeness (QED) is 0.731. The first kappa shape index (κ1) is 12.7. The van der Waals surface area contributed by atoms with E-state index in [4.69, 9.17) is 5.11 Å². The smallest absolute Gasteiger partial charge is 0.274 e. The molecule has 0 aliphatic carbocycles. The van der Waals surface area contributed by atoms with Crippen LogP contribution in [0.5, 0.6) is 0 Å². The van der Waals surface area contributed by atoms with E-state index in [2.05, 4.69) is 26.9 Å². The first-order valence-corrected chi connectivity index (χ1v) is 6.00. The third-order valence-electron chi connectivity index (χ3n) is 2.66. The maximum atomic E-state index is 11.7. The zero-order valence-electron chi connectivity index (χ0n) is 10.3. The summed E-state index contributed by atoms with van der Waals surface area (Å²) in [6, 6.07) is 1.49. The molecule has 2 aromatic rings. The molecule has 0 aliphatic rings. The molecule has 18 heavy (non-hydrogen) atoms. The van der Waals surface area contributed by atoms with Gasteiger partial charge in [0.05, 0.1) is 12.3 Å². The summed E-state index contributed by atoms with van der Waals surface area (Å²) in [5.41, 5.74) is 0.502. The highest BCUT2D eigenvalue weighted by Crippen LogP contribution is 2.01. The van der Waals surface area contributed by atoms with E-state index in [0.717, 1.165) is 13.0 Å². The van der Waals surface area contributed by atoms with Gasteiger partial charge in [0.15, 0.2) is 0 Å². The Kier molecular flexibility index (Phi) is 4.06. The molecule has 0 spiro atoms. The zero-order valence-corrected chi connectivity index (χ0v) is 10.3. The number of nitrogens with zero attached hydrogens (tertiary/aromatic N) is 4. The minimum absolute atomic E-state index is 0.101. The van der Waals surface area contributed by atoms with Crippen LogP contribution in [0.25, 0.3) is 5.78 Å². The highest BCUT2D eigenvalue weighted by Gasteiger charge is 2.08. The third-order valence-corrected chi connectivity index (χ3v) is 2.66. The Labute approximate surface area is 104 Å². The summed E-state index contributed by atoms with van der Waals surface area (Å²) in [5.74, 6) is 0.373. The van der Waals surface area contributed by atoms with Gasteiger partial charge in [-0.3, -0.25) is 14.8 Å². The number of hydrogen-bond donors (Lipinski definition) is 2. The van der Waals surface area contributed by atoms with Crippen LogP contribution in [0.2, 0.25) is 0 Å². The summed E-state index contributed by atoms with van der Waals surface area (Å²) < 4.78 is 1.29. The van der Waals surface area contributed by atoms with E-state index in [-0.39, 0.29) is 12.2 Å². The van der Waals surface area contributed by atoms with Crippen molar-refractivity contribution in [2.75, 3.05) is 19.7 Å². The summed E-state index contributed by atoms with van der Waals surface area (Å²) in [5, 5.41) is 11.7. The number of fused-ring (bicyclic) bond motifs is 1. The fourth-order valence-electron chi connectivity index (χ4n) is 1.91. The SMILES string of the molecule is CCCN(CCO)Cc1cc(=O)n2[nH]cnc2n1. The van der Waals surface area contributed by atoms with Crippen molar-refractivity contribution in [1.29, 1.82) is 0 Å². The van der Waals surface area contributed by atoms with Crippen molar-refractivity contribution in [2.24, 2.45) is 0 Å². The van der Waals surface area contributed by atoms with E-state index < -0.39 is 0 Å². The molecular formula is C11H17N5O2.